The number of aromatic nitrogens is 2. The molecule has 1 aromatic heterocycles. The van der Waals surface area contributed by atoms with Crippen molar-refractivity contribution in [1.82, 2.24) is 14.9 Å². The topological polar surface area (TPSA) is 41.4 Å². The number of nitrogens with zero attached hydrogens (tertiary/aromatic N) is 4. The van der Waals surface area contributed by atoms with Crippen molar-refractivity contribution in [3.63, 3.8) is 0 Å². The predicted octanol–water partition coefficient (Wildman–Crippen LogP) is 6.33. The number of aryl methyl sites for hydroxylation is 1. The van der Waals surface area contributed by atoms with Crippen LogP contribution >= 0.6 is 11.6 Å². The zero-order chi connectivity index (χ0) is 22.4. The van der Waals surface area contributed by atoms with Crippen LogP contribution in [0.5, 0.6) is 0 Å². The van der Waals surface area contributed by atoms with Crippen molar-refractivity contribution in [3.05, 3.63) is 88.1 Å². The quantitative estimate of drug-likeness (QED) is 0.465. The van der Waals surface area contributed by atoms with E-state index in [2.05, 4.69) is 73.8 Å². The van der Waals surface area contributed by atoms with Gasteiger partial charge in [0.1, 0.15) is 0 Å². The Bertz CT molecular complexity index is 1320. The van der Waals surface area contributed by atoms with Crippen LogP contribution in [0.4, 0.5) is 0 Å². The van der Waals surface area contributed by atoms with E-state index in [9.17, 15) is 0 Å². The van der Waals surface area contributed by atoms with Gasteiger partial charge in [0.15, 0.2) is 0 Å². The molecule has 1 aliphatic heterocycles. The van der Waals surface area contributed by atoms with Crippen molar-refractivity contribution in [2.75, 3.05) is 13.6 Å². The lowest BCUT2D eigenvalue weighted by molar-refractivity contribution is 0.493. The van der Waals surface area contributed by atoms with Crippen LogP contribution in [-0.2, 0) is 6.42 Å². The highest BCUT2D eigenvalue weighted by molar-refractivity contribution is 6.37. The zero-order valence-electron chi connectivity index (χ0n) is 18.6. The van der Waals surface area contributed by atoms with Gasteiger partial charge in [0.25, 0.3) is 0 Å². The maximum absolute atomic E-state index is 6.99. The maximum Gasteiger partial charge on any atom is 0.0895 e. The van der Waals surface area contributed by atoms with Crippen molar-refractivity contribution in [1.29, 1.82) is 0 Å². The SMILES string of the molecule is C=Cc1nc(-c2cccc(-c3cccc(C4=NC5=C(C5)N(C)C4)c3Cl)c2C)cnc1CC. The van der Waals surface area contributed by atoms with Gasteiger partial charge in [0.2, 0.25) is 0 Å². The molecule has 0 amide bonds. The summed E-state index contributed by atoms with van der Waals surface area (Å²) in [6.45, 7) is 8.88. The van der Waals surface area contributed by atoms with E-state index in [1.165, 1.54) is 11.4 Å². The van der Waals surface area contributed by atoms with Crippen LogP contribution in [0.15, 0.2) is 65.6 Å². The van der Waals surface area contributed by atoms with Crippen molar-refractivity contribution in [3.8, 4) is 22.4 Å². The number of hydrogen-bond acceptors (Lipinski definition) is 4. The van der Waals surface area contributed by atoms with E-state index in [0.29, 0.717) is 0 Å². The molecule has 3 aromatic rings. The smallest absolute Gasteiger partial charge is 0.0895 e. The van der Waals surface area contributed by atoms with Crippen molar-refractivity contribution >= 4 is 23.4 Å². The van der Waals surface area contributed by atoms with Gasteiger partial charge in [-0.3, -0.25) is 9.98 Å². The van der Waals surface area contributed by atoms with Crippen LogP contribution < -0.4 is 0 Å². The first-order valence-corrected chi connectivity index (χ1v) is 11.3. The second-order valence-corrected chi connectivity index (χ2v) is 8.65. The summed E-state index contributed by atoms with van der Waals surface area (Å²) < 4.78 is 0. The molecule has 0 saturated heterocycles. The van der Waals surface area contributed by atoms with Gasteiger partial charge in [-0.25, -0.2) is 4.98 Å². The third-order valence-corrected chi connectivity index (χ3v) is 6.68. The first kappa shape index (κ1) is 20.7. The Morgan fingerprint density at radius 1 is 1.09 bits per heavy atom. The number of allylic oxidation sites excluding steroid dienone is 2. The minimum atomic E-state index is 0.740. The van der Waals surface area contributed by atoms with E-state index in [0.717, 1.165) is 75.0 Å². The van der Waals surface area contributed by atoms with E-state index < -0.39 is 0 Å². The van der Waals surface area contributed by atoms with E-state index in [-0.39, 0.29) is 0 Å². The lowest BCUT2D eigenvalue weighted by Crippen LogP contribution is -2.25. The molecular formula is C27H25ClN4. The van der Waals surface area contributed by atoms with Crippen LogP contribution in [0.2, 0.25) is 5.02 Å². The molecule has 0 radical (unpaired) electrons. The zero-order valence-corrected chi connectivity index (χ0v) is 19.4. The summed E-state index contributed by atoms with van der Waals surface area (Å²) in [4.78, 5) is 16.5. The van der Waals surface area contributed by atoms with Crippen LogP contribution in [0.25, 0.3) is 28.5 Å². The van der Waals surface area contributed by atoms with Gasteiger partial charge < -0.3 is 4.90 Å². The van der Waals surface area contributed by atoms with Gasteiger partial charge in [-0.05, 0) is 30.5 Å². The fourth-order valence-corrected chi connectivity index (χ4v) is 4.74. The Morgan fingerprint density at radius 3 is 2.53 bits per heavy atom. The molecule has 0 N–H and O–H groups in total. The van der Waals surface area contributed by atoms with E-state index in [1.54, 1.807) is 6.08 Å². The standard InChI is InChI=1S/C27H25ClN4/c1-5-21-22(6-2)30-24(14-29-21)18-10-7-9-17(16(18)3)19-11-8-12-20(27(19)28)25-15-32(4)26-13-23(26)31-25/h6-12,14H,2,5,13,15H2,1,3-4H3. The minimum Gasteiger partial charge on any atom is -0.370 e. The Labute approximate surface area is 194 Å². The van der Waals surface area contributed by atoms with Crippen LogP contribution in [0.1, 0.15) is 35.9 Å². The third-order valence-electron chi connectivity index (χ3n) is 6.28. The summed E-state index contributed by atoms with van der Waals surface area (Å²) in [5.41, 5.74) is 11.5. The summed E-state index contributed by atoms with van der Waals surface area (Å²) in [5, 5.41) is 0.740. The van der Waals surface area contributed by atoms with Crippen molar-refractivity contribution in [2.45, 2.75) is 26.7 Å². The Morgan fingerprint density at radius 2 is 1.81 bits per heavy atom. The number of halogens is 1. The summed E-state index contributed by atoms with van der Waals surface area (Å²) in [7, 11) is 2.12. The highest BCUT2D eigenvalue weighted by atomic mass is 35.5. The van der Waals surface area contributed by atoms with Crippen LogP contribution in [0, 0.1) is 6.92 Å². The maximum atomic E-state index is 6.99. The predicted molar refractivity (Wildman–Crippen MR) is 133 cm³/mol. The van der Waals surface area contributed by atoms with Crippen molar-refractivity contribution in [2.24, 2.45) is 4.99 Å². The van der Waals surface area contributed by atoms with Gasteiger partial charge >= 0.3 is 0 Å². The fraction of sp³-hybridized carbons (Fsp3) is 0.222. The van der Waals surface area contributed by atoms with Gasteiger partial charge in [-0.1, -0.05) is 61.5 Å². The van der Waals surface area contributed by atoms with Gasteiger partial charge in [-0.15, -0.1) is 0 Å². The molecule has 5 rings (SSSR count). The molecule has 0 unspecified atom stereocenters. The fourth-order valence-electron chi connectivity index (χ4n) is 4.40. The van der Waals surface area contributed by atoms with Gasteiger partial charge in [-0.2, -0.15) is 0 Å². The molecule has 160 valence electrons. The molecule has 0 bridgehead atoms. The van der Waals surface area contributed by atoms with Crippen molar-refractivity contribution < 1.29 is 0 Å². The Kier molecular flexibility index (Phi) is 5.18. The van der Waals surface area contributed by atoms with E-state index in [4.69, 9.17) is 21.6 Å². The van der Waals surface area contributed by atoms with Crippen LogP contribution in [0.3, 0.4) is 0 Å². The Balaban J connectivity index is 1.59. The monoisotopic (exact) mass is 440 g/mol. The molecule has 1 aliphatic carbocycles. The molecule has 2 aromatic carbocycles. The molecule has 2 aliphatic rings. The third kappa shape index (κ3) is 3.45. The minimum absolute atomic E-state index is 0.740. The second kappa shape index (κ2) is 8.03. The lowest BCUT2D eigenvalue weighted by Gasteiger charge is -2.21. The first-order chi connectivity index (χ1) is 15.5. The molecule has 5 heteroatoms. The number of benzene rings is 2. The molecule has 0 saturated carbocycles. The van der Waals surface area contributed by atoms with E-state index in [1.807, 2.05) is 6.20 Å². The summed E-state index contributed by atoms with van der Waals surface area (Å²) in [6, 6.07) is 12.5. The highest BCUT2D eigenvalue weighted by Gasteiger charge is 2.31. The average molecular weight is 441 g/mol. The van der Waals surface area contributed by atoms with Gasteiger partial charge in [0.05, 0.1) is 46.3 Å². The highest BCUT2D eigenvalue weighted by Crippen LogP contribution is 2.40. The number of rotatable bonds is 5. The molecule has 0 spiro atoms. The van der Waals surface area contributed by atoms with E-state index >= 15 is 0 Å². The first-order valence-electron chi connectivity index (χ1n) is 10.9. The van der Waals surface area contributed by atoms with Crippen LogP contribution in [-0.4, -0.2) is 34.2 Å². The molecule has 0 fully saturated rings. The second-order valence-electron chi connectivity index (χ2n) is 8.27. The number of hydrogen-bond donors (Lipinski definition) is 0. The average Bonchev–Trinajstić information content (AvgIpc) is 3.60. The van der Waals surface area contributed by atoms with Gasteiger partial charge in [0, 0.05) is 35.9 Å². The Hall–Kier alpha value is -3.24. The number of aliphatic imine (C=N–C) groups is 1. The molecule has 32 heavy (non-hydrogen) atoms. The molecule has 0 atom stereocenters. The summed E-state index contributed by atoms with van der Waals surface area (Å²) in [6.07, 6.45) is 5.44. The summed E-state index contributed by atoms with van der Waals surface area (Å²) in [5.74, 6) is 0. The molecular weight excluding hydrogens is 416 g/mol. The largest absolute Gasteiger partial charge is 0.370 e. The molecule has 2 heterocycles. The number of likely N-dealkylation sites (N-methyl/N-ethyl adjacent to an activating group) is 1. The lowest BCUT2D eigenvalue weighted by atomic mass is 9.93. The molecule has 4 nitrogen and oxygen atoms in total. The summed E-state index contributed by atoms with van der Waals surface area (Å²) >= 11 is 6.99. The normalized spacial score (nSPS) is 14.9.